The van der Waals surface area contributed by atoms with Crippen molar-refractivity contribution in [1.29, 1.82) is 0 Å². The number of benzene rings is 1. The Morgan fingerprint density at radius 2 is 2.04 bits per heavy atom. The van der Waals surface area contributed by atoms with E-state index in [0.29, 0.717) is 19.0 Å². The van der Waals surface area contributed by atoms with Gasteiger partial charge >= 0.3 is 0 Å². The molecule has 0 radical (unpaired) electrons. The lowest BCUT2D eigenvalue weighted by atomic mass is 9.98. The van der Waals surface area contributed by atoms with E-state index in [2.05, 4.69) is 51.9 Å². The number of nitrogens with one attached hydrogen (secondary N) is 3. The fourth-order valence-electron chi connectivity index (χ4n) is 3.87. The minimum atomic E-state index is -3.06. The summed E-state index contributed by atoms with van der Waals surface area (Å²) in [5, 5.41) is 8.08. The molecule has 0 unspecified atom stereocenters. The Labute approximate surface area is 167 Å². The molecule has 3 N–H and O–H groups in total. The second-order valence-corrected chi connectivity index (χ2v) is 9.53. The normalized spacial score (nSPS) is 17.2. The van der Waals surface area contributed by atoms with Gasteiger partial charge in [-0.1, -0.05) is 12.1 Å². The summed E-state index contributed by atoms with van der Waals surface area (Å²) in [6, 6.07) is 6.32. The number of aryl methyl sites for hydroxylation is 1. The molecule has 28 heavy (non-hydrogen) atoms. The number of fused-ring (bicyclic) bond motifs is 1. The van der Waals surface area contributed by atoms with Crippen molar-refractivity contribution in [2.75, 3.05) is 39.5 Å². The number of aromatic nitrogens is 1. The summed E-state index contributed by atoms with van der Waals surface area (Å²) < 4.78 is 24.8. The largest absolute Gasteiger partial charge is 0.361 e. The first-order valence-electron chi connectivity index (χ1n) is 9.83. The van der Waals surface area contributed by atoms with Gasteiger partial charge < -0.3 is 15.6 Å². The van der Waals surface area contributed by atoms with E-state index in [1.807, 2.05) is 0 Å². The Morgan fingerprint density at radius 1 is 1.29 bits per heavy atom. The van der Waals surface area contributed by atoms with Gasteiger partial charge in [-0.25, -0.2) is 12.7 Å². The van der Waals surface area contributed by atoms with Gasteiger partial charge in [-0.3, -0.25) is 4.99 Å². The van der Waals surface area contributed by atoms with Crippen LogP contribution >= 0.6 is 0 Å². The van der Waals surface area contributed by atoms with E-state index < -0.39 is 10.0 Å². The molecule has 3 rings (SSSR count). The van der Waals surface area contributed by atoms with Crippen LogP contribution in [0.5, 0.6) is 0 Å². The van der Waals surface area contributed by atoms with Gasteiger partial charge in [0.05, 0.1) is 6.26 Å². The van der Waals surface area contributed by atoms with Gasteiger partial charge in [0.1, 0.15) is 0 Å². The van der Waals surface area contributed by atoms with Crippen molar-refractivity contribution in [1.82, 2.24) is 19.9 Å². The lowest BCUT2D eigenvalue weighted by Crippen LogP contribution is -2.44. The van der Waals surface area contributed by atoms with Gasteiger partial charge in [-0.05, 0) is 49.3 Å². The highest BCUT2D eigenvalue weighted by Gasteiger charge is 2.24. The molecule has 1 aliphatic rings. The summed E-state index contributed by atoms with van der Waals surface area (Å²) in [5.74, 6) is 1.26. The average Bonchev–Trinajstić information content (AvgIpc) is 3.08. The fraction of sp³-hybridized carbons (Fsp3) is 0.550. The maximum atomic E-state index is 11.6. The van der Waals surface area contributed by atoms with Crippen molar-refractivity contribution in [2.45, 2.75) is 26.2 Å². The Morgan fingerprint density at radius 3 is 2.71 bits per heavy atom. The van der Waals surface area contributed by atoms with Crippen LogP contribution in [0.25, 0.3) is 10.9 Å². The summed E-state index contributed by atoms with van der Waals surface area (Å²) >= 11 is 0. The minimum Gasteiger partial charge on any atom is -0.361 e. The molecule has 0 aliphatic carbocycles. The van der Waals surface area contributed by atoms with E-state index in [1.54, 1.807) is 11.4 Å². The molecule has 0 saturated carbocycles. The number of nitrogens with zero attached hydrogens (tertiary/aromatic N) is 2. The molecule has 8 heteroatoms. The van der Waals surface area contributed by atoms with Gasteiger partial charge in [-0.2, -0.15) is 0 Å². The molecule has 0 spiro atoms. The van der Waals surface area contributed by atoms with Crippen molar-refractivity contribution in [2.24, 2.45) is 10.9 Å². The molecule has 2 heterocycles. The van der Waals surface area contributed by atoms with Crippen LogP contribution in [0.15, 0.2) is 29.4 Å². The molecule has 2 aromatic rings. The number of hydrogen-bond donors (Lipinski definition) is 3. The molecule has 0 atom stereocenters. The van der Waals surface area contributed by atoms with E-state index in [4.69, 9.17) is 0 Å². The number of aliphatic imine (C=N–C) groups is 1. The Balaban J connectivity index is 1.44. The lowest BCUT2D eigenvalue weighted by molar-refractivity contribution is 0.275. The summed E-state index contributed by atoms with van der Waals surface area (Å²) in [7, 11) is -1.29. The number of piperidine rings is 1. The van der Waals surface area contributed by atoms with Gasteiger partial charge in [0.2, 0.25) is 10.0 Å². The van der Waals surface area contributed by atoms with Crippen molar-refractivity contribution in [3.63, 3.8) is 0 Å². The second kappa shape index (κ2) is 8.96. The predicted octanol–water partition coefficient (Wildman–Crippen LogP) is 1.86. The third kappa shape index (κ3) is 5.05. The van der Waals surface area contributed by atoms with Gasteiger partial charge in [0.15, 0.2) is 5.96 Å². The summed E-state index contributed by atoms with van der Waals surface area (Å²) in [6.07, 6.45) is 6.05. The van der Waals surface area contributed by atoms with Crippen LogP contribution in [-0.4, -0.2) is 63.1 Å². The highest BCUT2D eigenvalue weighted by atomic mass is 32.2. The van der Waals surface area contributed by atoms with Crippen LogP contribution in [0, 0.1) is 12.8 Å². The third-order valence-electron chi connectivity index (χ3n) is 5.51. The molecule has 154 valence electrons. The first-order valence-corrected chi connectivity index (χ1v) is 11.7. The molecule has 1 saturated heterocycles. The molecule has 7 nitrogen and oxygen atoms in total. The molecular weight excluding hydrogens is 374 g/mol. The van der Waals surface area contributed by atoms with Crippen LogP contribution in [-0.2, 0) is 16.4 Å². The first-order chi connectivity index (χ1) is 13.4. The SMILES string of the molecule is CN=C(NCCc1c[nH]c2cccc(C)c12)NCC1CCN(S(C)(=O)=O)CC1. The molecule has 1 aliphatic heterocycles. The van der Waals surface area contributed by atoms with Crippen molar-refractivity contribution in [3.8, 4) is 0 Å². The molecule has 1 aromatic heterocycles. The number of aromatic amines is 1. The number of hydrogen-bond acceptors (Lipinski definition) is 3. The van der Waals surface area contributed by atoms with E-state index in [1.165, 1.54) is 28.3 Å². The van der Waals surface area contributed by atoms with E-state index in [0.717, 1.165) is 38.3 Å². The monoisotopic (exact) mass is 405 g/mol. The molecular formula is C20H31N5O2S. The number of sulfonamides is 1. The highest BCUT2D eigenvalue weighted by Crippen LogP contribution is 2.22. The third-order valence-corrected chi connectivity index (χ3v) is 6.81. The molecule has 0 bridgehead atoms. The summed E-state index contributed by atoms with van der Waals surface area (Å²) in [4.78, 5) is 7.65. The standard InChI is InChI=1S/C20H31N5O2S/c1-15-5-4-6-18-19(15)17(14-23-18)7-10-22-20(21-2)24-13-16-8-11-25(12-9-16)28(3,26)27/h4-6,14,16,23H,7-13H2,1-3H3,(H2,21,22,24). The van der Waals surface area contributed by atoms with Crippen molar-refractivity contribution < 1.29 is 8.42 Å². The molecule has 1 aromatic carbocycles. The van der Waals surface area contributed by atoms with Crippen LogP contribution in [0.3, 0.4) is 0 Å². The van der Waals surface area contributed by atoms with Crippen molar-refractivity contribution in [3.05, 3.63) is 35.5 Å². The first kappa shape index (κ1) is 20.7. The Bertz CT molecular complexity index is 927. The zero-order chi connectivity index (χ0) is 20.1. The van der Waals surface area contributed by atoms with E-state index in [9.17, 15) is 8.42 Å². The maximum absolute atomic E-state index is 11.6. The van der Waals surface area contributed by atoms with Crippen molar-refractivity contribution >= 4 is 26.9 Å². The van der Waals surface area contributed by atoms with Crippen LogP contribution in [0.2, 0.25) is 0 Å². The zero-order valence-electron chi connectivity index (χ0n) is 17.0. The highest BCUT2D eigenvalue weighted by molar-refractivity contribution is 7.88. The number of guanidine groups is 1. The van der Waals surface area contributed by atoms with Gasteiger partial charge in [-0.15, -0.1) is 0 Å². The minimum absolute atomic E-state index is 0.466. The number of H-pyrrole nitrogens is 1. The smallest absolute Gasteiger partial charge is 0.211 e. The Hall–Kier alpha value is -2.06. The quantitative estimate of drug-likeness (QED) is 0.505. The summed E-state index contributed by atoms with van der Waals surface area (Å²) in [5.41, 5.74) is 3.78. The molecule has 1 fully saturated rings. The van der Waals surface area contributed by atoms with Crippen LogP contribution < -0.4 is 10.6 Å². The van der Waals surface area contributed by atoms with E-state index in [-0.39, 0.29) is 0 Å². The van der Waals surface area contributed by atoms with E-state index >= 15 is 0 Å². The topological polar surface area (TPSA) is 89.6 Å². The van der Waals surface area contributed by atoms with Gasteiger partial charge in [0.25, 0.3) is 0 Å². The Kier molecular flexibility index (Phi) is 6.61. The number of rotatable bonds is 6. The predicted molar refractivity (Wildman–Crippen MR) is 115 cm³/mol. The zero-order valence-corrected chi connectivity index (χ0v) is 17.8. The lowest BCUT2D eigenvalue weighted by Gasteiger charge is -2.30. The van der Waals surface area contributed by atoms with Crippen LogP contribution in [0.4, 0.5) is 0 Å². The second-order valence-electron chi connectivity index (χ2n) is 7.55. The fourth-order valence-corrected chi connectivity index (χ4v) is 4.74. The summed E-state index contributed by atoms with van der Waals surface area (Å²) in [6.45, 7) is 4.97. The van der Waals surface area contributed by atoms with Crippen LogP contribution in [0.1, 0.15) is 24.0 Å². The van der Waals surface area contributed by atoms with Gasteiger partial charge in [0, 0.05) is 50.3 Å². The maximum Gasteiger partial charge on any atom is 0.211 e. The molecule has 0 amide bonds. The average molecular weight is 406 g/mol.